The fourth-order valence-corrected chi connectivity index (χ4v) is 3.51. The van der Waals surface area contributed by atoms with Gasteiger partial charge in [0.25, 0.3) is 0 Å². The molecule has 2 nitrogen and oxygen atoms in total. The minimum atomic E-state index is -1.13. The van der Waals surface area contributed by atoms with Crippen LogP contribution in [0.25, 0.3) is 0 Å². The van der Waals surface area contributed by atoms with Gasteiger partial charge in [-0.3, -0.25) is 4.79 Å². The summed E-state index contributed by atoms with van der Waals surface area (Å²) in [5.74, 6) is -0.606. The minimum absolute atomic E-state index is 0.0958. The number of unbranched alkanes of at least 4 members (excludes halogenated alkanes) is 14. The van der Waals surface area contributed by atoms with E-state index in [1.165, 1.54) is 83.5 Å². The van der Waals surface area contributed by atoms with Crippen LogP contribution in [0.1, 0.15) is 103 Å². The summed E-state index contributed by atoms with van der Waals surface area (Å²) in [6.07, 6.45) is 19.5. The van der Waals surface area contributed by atoms with Crippen molar-refractivity contribution < 1.29 is 9.53 Å². The van der Waals surface area contributed by atoms with Crippen molar-refractivity contribution in [2.75, 3.05) is 6.61 Å². The standard InChI is InChI=1S/C21H36Cl4O2/c1-2-3-4-5-6-7-8-9-10-11-12-13-14-15-16-17-27-21(26)19(23)18(22)20(24)25/h19H,2-17H2,1H3. The summed E-state index contributed by atoms with van der Waals surface area (Å²) in [5.41, 5.74) is 0. The topological polar surface area (TPSA) is 26.3 Å². The molecule has 0 aliphatic rings. The first-order valence-electron chi connectivity index (χ1n) is 10.5. The van der Waals surface area contributed by atoms with E-state index in [4.69, 9.17) is 51.1 Å². The highest BCUT2D eigenvalue weighted by Crippen LogP contribution is 2.25. The van der Waals surface area contributed by atoms with E-state index in [0.29, 0.717) is 6.61 Å². The lowest BCUT2D eigenvalue weighted by Crippen LogP contribution is -2.19. The van der Waals surface area contributed by atoms with Crippen molar-refractivity contribution in [2.24, 2.45) is 0 Å². The van der Waals surface area contributed by atoms with Crippen molar-refractivity contribution >= 4 is 52.4 Å². The lowest BCUT2D eigenvalue weighted by molar-refractivity contribution is -0.142. The summed E-state index contributed by atoms with van der Waals surface area (Å²) in [4.78, 5) is 11.6. The number of halogens is 4. The zero-order chi connectivity index (χ0) is 20.3. The van der Waals surface area contributed by atoms with Gasteiger partial charge in [-0.05, 0) is 6.42 Å². The molecule has 0 aliphatic carbocycles. The van der Waals surface area contributed by atoms with E-state index in [1.54, 1.807) is 0 Å². The van der Waals surface area contributed by atoms with Crippen molar-refractivity contribution in [2.45, 2.75) is 109 Å². The van der Waals surface area contributed by atoms with E-state index >= 15 is 0 Å². The monoisotopic (exact) mass is 460 g/mol. The molecule has 0 saturated heterocycles. The van der Waals surface area contributed by atoms with Crippen LogP contribution in [0.3, 0.4) is 0 Å². The van der Waals surface area contributed by atoms with Crippen LogP contribution < -0.4 is 0 Å². The van der Waals surface area contributed by atoms with Gasteiger partial charge < -0.3 is 4.74 Å². The zero-order valence-electron chi connectivity index (χ0n) is 16.7. The molecule has 6 heteroatoms. The van der Waals surface area contributed by atoms with Crippen LogP contribution in [0.4, 0.5) is 0 Å². The van der Waals surface area contributed by atoms with Crippen molar-refractivity contribution in [3.63, 3.8) is 0 Å². The Bertz CT molecular complexity index is 396. The second-order valence-electron chi connectivity index (χ2n) is 7.09. The number of hydrogen-bond donors (Lipinski definition) is 0. The second kappa shape index (κ2) is 19.7. The van der Waals surface area contributed by atoms with Crippen LogP contribution in [-0.2, 0) is 9.53 Å². The average Bonchev–Trinajstić information content (AvgIpc) is 2.66. The largest absolute Gasteiger partial charge is 0.464 e. The molecule has 1 atom stereocenters. The van der Waals surface area contributed by atoms with E-state index in [-0.39, 0.29) is 9.52 Å². The molecule has 0 aromatic rings. The SMILES string of the molecule is CCCCCCCCCCCCCCCCCOC(=O)C(Cl)C(Cl)=C(Cl)Cl. The quantitative estimate of drug-likeness (QED) is 0.116. The summed E-state index contributed by atoms with van der Waals surface area (Å²) >= 11 is 22.5. The Kier molecular flexibility index (Phi) is 19.9. The lowest BCUT2D eigenvalue weighted by atomic mass is 10.0. The molecule has 160 valence electrons. The van der Waals surface area contributed by atoms with E-state index in [2.05, 4.69) is 6.92 Å². The maximum Gasteiger partial charge on any atom is 0.329 e. The van der Waals surface area contributed by atoms with Crippen LogP contribution in [0, 0.1) is 0 Å². The Morgan fingerprint density at radius 1 is 0.704 bits per heavy atom. The molecule has 0 amide bonds. The van der Waals surface area contributed by atoms with E-state index in [9.17, 15) is 4.79 Å². The molecule has 0 radical (unpaired) electrons. The Morgan fingerprint density at radius 2 is 1.07 bits per heavy atom. The summed E-state index contributed by atoms with van der Waals surface area (Å²) < 4.78 is 4.87. The maximum atomic E-state index is 11.6. The van der Waals surface area contributed by atoms with Gasteiger partial charge in [0.05, 0.1) is 11.6 Å². The molecule has 0 spiro atoms. The fraction of sp³-hybridized carbons (Fsp3) is 0.857. The molecular weight excluding hydrogens is 426 g/mol. The van der Waals surface area contributed by atoms with Gasteiger partial charge in [0, 0.05) is 0 Å². The molecule has 0 aromatic heterocycles. The first-order valence-corrected chi connectivity index (χ1v) is 12.1. The summed E-state index contributed by atoms with van der Waals surface area (Å²) in [7, 11) is 0. The van der Waals surface area contributed by atoms with Crippen LogP contribution in [0.15, 0.2) is 9.52 Å². The molecule has 0 saturated carbocycles. The third-order valence-electron chi connectivity index (χ3n) is 4.60. The van der Waals surface area contributed by atoms with Gasteiger partial charge in [-0.1, -0.05) is 132 Å². The predicted molar refractivity (Wildman–Crippen MR) is 120 cm³/mol. The normalized spacial score (nSPS) is 12.0. The van der Waals surface area contributed by atoms with Gasteiger partial charge in [0.15, 0.2) is 5.38 Å². The summed E-state index contributed by atoms with van der Waals surface area (Å²) in [6, 6.07) is 0. The average molecular weight is 462 g/mol. The Hall–Kier alpha value is 0.370. The van der Waals surface area contributed by atoms with Crippen molar-refractivity contribution in [3.05, 3.63) is 9.52 Å². The Morgan fingerprint density at radius 3 is 1.44 bits per heavy atom. The number of hydrogen-bond acceptors (Lipinski definition) is 2. The van der Waals surface area contributed by atoms with Crippen LogP contribution >= 0.6 is 46.4 Å². The van der Waals surface area contributed by atoms with Crippen LogP contribution in [-0.4, -0.2) is 18.0 Å². The number of rotatable bonds is 18. The number of ether oxygens (including phenoxy) is 1. The smallest absolute Gasteiger partial charge is 0.329 e. The van der Waals surface area contributed by atoms with E-state index in [1.807, 2.05) is 0 Å². The number of esters is 1. The van der Waals surface area contributed by atoms with Gasteiger partial charge in [-0.25, -0.2) is 0 Å². The third kappa shape index (κ3) is 17.0. The van der Waals surface area contributed by atoms with Gasteiger partial charge in [-0.15, -0.1) is 11.6 Å². The van der Waals surface area contributed by atoms with Crippen molar-refractivity contribution in [1.29, 1.82) is 0 Å². The van der Waals surface area contributed by atoms with E-state index < -0.39 is 11.3 Å². The van der Waals surface area contributed by atoms with Crippen molar-refractivity contribution in [3.8, 4) is 0 Å². The third-order valence-corrected chi connectivity index (χ3v) is 6.12. The minimum Gasteiger partial charge on any atom is -0.464 e. The fourth-order valence-electron chi connectivity index (χ4n) is 2.92. The zero-order valence-corrected chi connectivity index (χ0v) is 19.7. The predicted octanol–water partition coefficient (Wildman–Crippen LogP) is 8.89. The number of alkyl halides is 1. The van der Waals surface area contributed by atoms with E-state index in [0.717, 1.165) is 12.8 Å². The van der Waals surface area contributed by atoms with Gasteiger partial charge in [-0.2, -0.15) is 0 Å². The van der Waals surface area contributed by atoms with Gasteiger partial charge in [0.1, 0.15) is 4.49 Å². The molecule has 0 heterocycles. The van der Waals surface area contributed by atoms with Gasteiger partial charge in [0.2, 0.25) is 0 Å². The number of carbonyl (C=O) groups is 1. The molecule has 0 rings (SSSR count). The summed E-state index contributed by atoms with van der Waals surface area (Å²) in [5, 5.41) is -1.23. The molecule has 1 unspecified atom stereocenters. The molecular formula is C21H36Cl4O2. The molecule has 27 heavy (non-hydrogen) atoms. The number of carbonyl (C=O) groups excluding carboxylic acids is 1. The Balaban J connectivity index is 3.32. The summed E-state index contributed by atoms with van der Waals surface area (Å²) in [6.45, 7) is 2.62. The first kappa shape index (κ1) is 27.4. The lowest BCUT2D eigenvalue weighted by Gasteiger charge is -2.09. The first-order chi connectivity index (χ1) is 13.0. The molecule has 0 fully saturated rings. The highest BCUT2D eigenvalue weighted by molar-refractivity contribution is 6.61. The van der Waals surface area contributed by atoms with Gasteiger partial charge >= 0.3 is 5.97 Å². The van der Waals surface area contributed by atoms with Crippen molar-refractivity contribution in [1.82, 2.24) is 0 Å². The Labute approximate surface area is 186 Å². The highest BCUT2D eigenvalue weighted by Gasteiger charge is 2.22. The molecule has 0 N–H and O–H groups in total. The molecule has 0 aromatic carbocycles. The maximum absolute atomic E-state index is 11.6. The second-order valence-corrected chi connectivity index (χ2v) is 8.88. The molecule has 0 aliphatic heterocycles. The highest BCUT2D eigenvalue weighted by atomic mass is 35.5. The van der Waals surface area contributed by atoms with Crippen LogP contribution in [0.2, 0.25) is 0 Å². The van der Waals surface area contributed by atoms with Crippen LogP contribution in [0.5, 0.6) is 0 Å². The molecule has 0 bridgehead atoms.